The van der Waals surface area contributed by atoms with Crippen LogP contribution in [0, 0.1) is 0 Å². The van der Waals surface area contributed by atoms with E-state index in [0.717, 1.165) is 10.4 Å². The molecule has 1 amide bonds. The third kappa shape index (κ3) is 3.41. The average molecular weight is 386 g/mol. The lowest BCUT2D eigenvalue weighted by Gasteiger charge is -2.21. The molecule has 1 N–H and O–H groups in total. The number of thiophene rings is 1. The molecule has 1 aromatic heterocycles. The van der Waals surface area contributed by atoms with E-state index < -0.39 is 0 Å². The minimum Gasteiger partial charge on any atom is -0.486 e. The van der Waals surface area contributed by atoms with Gasteiger partial charge in [-0.1, -0.05) is 48.0 Å². The Morgan fingerprint density at radius 1 is 1.08 bits per heavy atom. The van der Waals surface area contributed by atoms with Crippen molar-refractivity contribution >= 4 is 28.8 Å². The predicted octanol–water partition coefficient (Wildman–Crippen LogP) is 4.69. The Morgan fingerprint density at radius 3 is 2.65 bits per heavy atom. The Labute approximate surface area is 160 Å². The van der Waals surface area contributed by atoms with Gasteiger partial charge in [-0.15, -0.1) is 11.3 Å². The maximum absolute atomic E-state index is 12.9. The summed E-state index contributed by atoms with van der Waals surface area (Å²) in [5.41, 5.74) is 1.46. The van der Waals surface area contributed by atoms with E-state index in [1.165, 1.54) is 0 Å². The summed E-state index contributed by atoms with van der Waals surface area (Å²) in [7, 11) is 0. The molecular formula is C20H16ClNO3S. The zero-order valence-electron chi connectivity index (χ0n) is 13.8. The molecule has 1 atom stereocenters. The Balaban J connectivity index is 1.64. The summed E-state index contributed by atoms with van der Waals surface area (Å²) >= 11 is 7.87. The van der Waals surface area contributed by atoms with Crippen molar-refractivity contribution in [2.75, 3.05) is 13.2 Å². The standard InChI is InChI=1S/C20H16ClNO3S/c21-15-11-14(12-16-19(15)25-9-8-24-16)20(23)22-18(17-7-4-10-26-17)13-5-2-1-3-6-13/h1-7,10-12,18H,8-9H2,(H,22,23). The van der Waals surface area contributed by atoms with Gasteiger partial charge in [-0.2, -0.15) is 0 Å². The molecule has 6 heteroatoms. The summed E-state index contributed by atoms with van der Waals surface area (Å²) < 4.78 is 11.1. The molecule has 0 spiro atoms. The van der Waals surface area contributed by atoms with Crippen molar-refractivity contribution in [1.29, 1.82) is 0 Å². The minimum absolute atomic E-state index is 0.217. The smallest absolute Gasteiger partial charge is 0.252 e. The Kier molecular flexibility index (Phi) is 4.82. The molecule has 0 fully saturated rings. The summed E-state index contributed by atoms with van der Waals surface area (Å²) in [6.45, 7) is 0.892. The number of carbonyl (C=O) groups excluding carboxylic acids is 1. The van der Waals surface area contributed by atoms with Crippen LogP contribution >= 0.6 is 22.9 Å². The van der Waals surface area contributed by atoms with Crippen molar-refractivity contribution < 1.29 is 14.3 Å². The molecule has 1 aliphatic heterocycles. The van der Waals surface area contributed by atoms with Crippen LogP contribution in [0.15, 0.2) is 60.0 Å². The van der Waals surface area contributed by atoms with Gasteiger partial charge in [0.25, 0.3) is 5.91 Å². The van der Waals surface area contributed by atoms with Gasteiger partial charge in [-0.05, 0) is 29.1 Å². The zero-order chi connectivity index (χ0) is 17.9. The van der Waals surface area contributed by atoms with Crippen molar-refractivity contribution in [3.8, 4) is 11.5 Å². The fraction of sp³-hybridized carbons (Fsp3) is 0.150. The lowest BCUT2D eigenvalue weighted by Crippen LogP contribution is -2.29. The van der Waals surface area contributed by atoms with Crippen LogP contribution in [0.3, 0.4) is 0 Å². The minimum atomic E-state index is -0.226. The van der Waals surface area contributed by atoms with E-state index in [1.54, 1.807) is 23.5 Å². The van der Waals surface area contributed by atoms with E-state index in [2.05, 4.69) is 5.32 Å². The summed E-state index contributed by atoms with van der Waals surface area (Å²) in [6.07, 6.45) is 0. The topological polar surface area (TPSA) is 47.6 Å². The first kappa shape index (κ1) is 16.9. The van der Waals surface area contributed by atoms with Gasteiger partial charge in [-0.25, -0.2) is 0 Å². The van der Waals surface area contributed by atoms with Crippen molar-refractivity contribution in [2.45, 2.75) is 6.04 Å². The number of hydrogen-bond donors (Lipinski definition) is 1. The fourth-order valence-electron chi connectivity index (χ4n) is 2.88. The Bertz CT molecular complexity index is 912. The van der Waals surface area contributed by atoms with Crippen LogP contribution in [-0.2, 0) is 0 Å². The van der Waals surface area contributed by atoms with Crippen LogP contribution in [0.1, 0.15) is 26.8 Å². The van der Waals surface area contributed by atoms with Crippen LogP contribution in [0.4, 0.5) is 0 Å². The molecule has 2 heterocycles. The number of amides is 1. The molecule has 0 bridgehead atoms. The maximum atomic E-state index is 12.9. The number of benzene rings is 2. The second kappa shape index (κ2) is 7.40. The predicted molar refractivity (Wildman–Crippen MR) is 103 cm³/mol. The van der Waals surface area contributed by atoms with Crippen LogP contribution in [-0.4, -0.2) is 19.1 Å². The number of fused-ring (bicyclic) bond motifs is 1. The summed E-state index contributed by atoms with van der Waals surface area (Å²) in [6, 6.07) is 16.9. The molecule has 4 nitrogen and oxygen atoms in total. The van der Waals surface area contributed by atoms with Crippen LogP contribution in [0.25, 0.3) is 0 Å². The van der Waals surface area contributed by atoms with Crippen LogP contribution < -0.4 is 14.8 Å². The number of rotatable bonds is 4. The molecule has 1 unspecified atom stereocenters. The largest absolute Gasteiger partial charge is 0.486 e. The molecule has 0 radical (unpaired) electrons. The van der Waals surface area contributed by atoms with E-state index >= 15 is 0 Å². The van der Waals surface area contributed by atoms with E-state index in [1.807, 2.05) is 47.8 Å². The highest BCUT2D eigenvalue weighted by molar-refractivity contribution is 7.10. The van der Waals surface area contributed by atoms with E-state index in [0.29, 0.717) is 35.3 Å². The van der Waals surface area contributed by atoms with Gasteiger partial charge in [0.15, 0.2) is 11.5 Å². The molecule has 132 valence electrons. The Morgan fingerprint density at radius 2 is 1.88 bits per heavy atom. The fourth-order valence-corrected chi connectivity index (χ4v) is 3.94. The van der Waals surface area contributed by atoms with Crippen molar-refractivity contribution in [3.63, 3.8) is 0 Å². The molecule has 3 aromatic rings. The summed E-state index contributed by atoms with van der Waals surface area (Å²) in [4.78, 5) is 14.0. The van der Waals surface area contributed by atoms with Gasteiger partial charge >= 0.3 is 0 Å². The average Bonchev–Trinajstić information content (AvgIpc) is 3.21. The first-order valence-electron chi connectivity index (χ1n) is 8.21. The quantitative estimate of drug-likeness (QED) is 0.708. The highest BCUT2D eigenvalue weighted by Gasteiger charge is 2.22. The molecule has 0 saturated carbocycles. The van der Waals surface area contributed by atoms with Gasteiger partial charge in [-0.3, -0.25) is 4.79 Å². The lowest BCUT2D eigenvalue weighted by atomic mass is 10.0. The molecule has 0 aliphatic carbocycles. The molecule has 4 rings (SSSR count). The number of ether oxygens (including phenoxy) is 2. The maximum Gasteiger partial charge on any atom is 0.252 e. The Hall–Kier alpha value is -2.50. The van der Waals surface area contributed by atoms with E-state index in [-0.39, 0.29) is 11.9 Å². The number of carbonyl (C=O) groups is 1. The highest BCUT2D eigenvalue weighted by Crippen LogP contribution is 2.38. The normalized spacial score (nSPS) is 13.9. The van der Waals surface area contributed by atoms with Crippen LogP contribution in [0.5, 0.6) is 11.5 Å². The van der Waals surface area contributed by atoms with E-state index in [9.17, 15) is 4.79 Å². The van der Waals surface area contributed by atoms with E-state index in [4.69, 9.17) is 21.1 Å². The first-order chi connectivity index (χ1) is 12.7. The van der Waals surface area contributed by atoms with Crippen molar-refractivity contribution in [1.82, 2.24) is 5.32 Å². The first-order valence-corrected chi connectivity index (χ1v) is 9.46. The van der Waals surface area contributed by atoms with Gasteiger partial charge in [0.1, 0.15) is 13.2 Å². The SMILES string of the molecule is O=C(NC(c1ccccc1)c1cccs1)c1cc(Cl)c2c(c1)OCCO2. The second-order valence-corrected chi connectivity index (χ2v) is 7.20. The molecule has 1 aliphatic rings. The monoisotopic (exact) mass is 385 g/mol. The summed E-state index contributed by atoms with van der Waals surface area (Å²) in [5.74, 6) is 0.778. The van der Waals surface area contributed by atoms with Gasteiger partial charge in [0.05, 0.1) is 11.1 Å². The highest BCUT2D eigenvalue weighted by atomic mass is 35.5. The van der Waals surface area contributed by atoms with Crippen LogP contribution in [0.2, 0.25) is 5.02 Å². The third-order valence-corrected chi connectivity index (χ3v) is 5.31. The summed E-state index contributed by atoms with van der Waals surface area (Å²) in [5, 5.41) is 5.48. The number of nitrogens with one attached hydrogen (secondary N) is 1. The zero-order valence-corrected chi connectivity index (χ0v) is 15.3. The second-order valence-electron chi connectivity index (χ2n) is 5.81. The van der Waals surface area contributed by atoms with Gasteiger partial charge in [0, 0.05) is 10.4 Å². The third-order valence-electron chi connectivity index (χ3n) is 4.10. The molecule has 26 heavy (non-hydrogen) atoms. The van der Waals surface area contributed by atoms with Gasteiger partial charge in [0.2, 0.25) is 0 Å². The molecular weight excluding hydrogens is 370 g/mol. The number of halogens is 1. The van der Waals surface area contributed by atoms with Crippen molar-refractivity contribution in [2.24, 2.45) is 0 Å². The molecule has 2 aromatic carbocycles. The lowest BCUT2D eigenvalue weighted by molar-refractivity contribution is 0.0942. The number of hydrogen-bond acceptors (Lipinski definition) is 4. The van der Waals surface area contributed by atoms with Crippen molar-refractivity contribution in [3.05, 3.63) is 81.0 Å². The molecule has 0 saturated heterocycles. The van der Waals surface area contributed by atoms with Gasteiger partial charge < -0.3 is 14.8 Å².